The number of rotatable bonds is 3. The fourth-order valence-electron chi connectivity index (χ4n) is 2.21. The Morgan fingerprint density at radius 2 is 2.05 bits per heavy atom. The first kappa shape index (κ1) is 14.3. The molecule has 0 radical (unpaired) electrons. The normalized spacial score (nSPS) is 17.5. The van der Waals surface area contributed by atoms with Crippen LogP contribution in [0.5, 0.6) is 5.75 Å². The maximum Gasteiger partial charge on any atom is 0.154 e. The fourth-order valence-corrected chi connectivity index (χ4v) is 2.80. The van der Waals surface area contributed by atoms with Crippen molar-refractivity contribution in [1.29, 1.82) is 0 Å². The Morgan fingerprint density at radius 3 is 2.68 bits per heavy atom. The second kappa shape index (κ2) is 4.80. The molecule has 0 aromatic heterocycles. The van der Waals surface area contributed by atoms with E-state index in [1.165, 1.54) is 6.26 Å². The lowest BCUT2D eigenvalue weighted by molar-refractivity contribution is 0.288. The number of hydrogen-bond donors (Lipinski definition) is 1. The predicted octanol–water partition coefficient (Wildman–Crippen LogP) is 1.83. The zero-order chi connectivity index (χ0) is 14.3. The van der Waals surface area contributed by atoms with Crippen molar-refractivity contribution >= 4 is 9.84 Å². The number of sulfone groups is 1. The molecule has 1 aromatic carbocycles. The van der Waals surface area contributed by atoms with Crippen LogP contribution in [-0.4, -0.2) is 26.0 Å². The van der Waals surface area contributed by atoms with Crippen LogP contribution in [0.3, 0.4) is 0 Å². The predicted molar refractivity (Wildman–Crippen MR) is 76.1 cm³/mol. The number of nitrogens with two attached hydrogens (primary N) is 1. The number of aryl methyl sites for hydroxylation is 1. The topological polar surface area (TPSA) is 69.4 Å². The lowest BCUT2D eigenvalue weighted by Crippen LogP contribution is -2.42. The first-order valence-electron chi connectivity index (χ1n) is 6.44. The van der Waals surface area contributed by atoms with E-state index < -0.39 is 20.6 Å². The van der Waals surface area contributed by atoms with E-state index >= 15 is 0 Å². The van der Waals surface area contributed by atoms with E-state index in [9.17, 15) is 8.42 Å². The number of fused-ring (bicyclic) bond motifs is 1. The molecule has 0 amide bonds. The summed E-state index contributed by atoms with van der Waals surface area (Å²) in [5.74, 6) is 0.888. The number of hydrogen-bond acceptors (Lipinski definition) is 4. The summed E-state index contributed by atoms with van der Waals surface area (Å²) in [6.45, 7) is 4.08. The van der Waals surface area contributed by atoms with E-state index in [0.717, 1.165) is 36.3 Å². The van der Waals surface area contributed by atoms with Crippen LogP contribution in [0, 0.1) is 0 Å². The summed E-state index contributed by atoms with van der Waals surface area (Å²) in [5.41, 5.74) is 8.13. The van der Waals surface area contributed by atoms with E-state index in [2.05, 4.69) is 0 Å². The molecule has 1 aromatic rings. The van der Waals surface area contributed by atoms with Gasteiger partial charge in [0.05, 0.1) is 11.4 Å². The average Bonchev–Trinajstić information content (AvgIpc) is 2.36. The molecule has 0 aliphatic carbocycles. The Balaban J connectivity index is 2.37. The first-order chi connectivity index (χ1) is 8.73. The second-order valence-corrected chi connectivity index (χ2v) is 8.27. The molecule has 1 aliphatic heterocycles. The van der Waals surface area contributed by atoms with Gasteiger partial charge in [-0.05, 0) is 43.9 Å². The average molecular weight is 283 g/mol. The van der Waals surface area contributed by atoms with E-state index in [-0.39, 0.29) is 0 Å². The smallest absolute Gasteiger partial charge is 0.154 e. The summed E-state index contributed by atoms with van der Waals surface area (Å²) in [6.07, 6.45) is 3.17. The standard InChI is InChI=1S/C14H21NO3S/c1-14(2,19(3,16)17)13(15)11-6-7-12-10(9-11)5-4-8-18-12/h6-7,9,13H,4-5,8,15H2,1-3H3. The molecule has 1 unspecified atom stereocenters. The van der Waals surface area contributed by atoms with Gasteiger partial charge in [-0.3, -0.25) is 0 Å². The molecular weight excluding hydrogens is 262 g/mol. The van der Waals surface area contributed by atoms with Gasteiger partial charge in [0.25, 0.3) is 0 Å². The van der Waals surface area contributed by atoms with Crippen LogP contribution >= 0.6 is 0 Å². The lowest BCUT2D eigenvalue weighted by atomic mass is 9.93. The van der Waals surface area contributed by atoms with Crippen LogP contribution in [0.25, 0.3) is 0 Å². The molecule has 106 valence electrons. The summed E-state index contributed by atoms with van der Waals surface area (Å²) in [4.78, 5) is 0. The molecule has 0 saturated heterocycles. The Labute approximate surface area is 114 Å². The molecule has 2 rings (SSSR count). The molecule has 2 N–H and O–H groups in total. The summed E-state index contributed by atoms with van der Waals surface area (Å²) in [5, 5.41) is 0. The summed E-state index contributed by atoms with van der Waals surface area (Å²) >= 11 is 0. The van der Waals surface area contributed by atoms with Crippen molar-refractivity contribution in [3.63, 3.8) is 0 Å². The lowest BCUT2D eigenvalue weighted by Gasteiger charge is -2.30. The third-order valence-corrected chi connectivity index (χ3v) is 6.16. The molecule has 0 saturated carbocycles. The van der Waals surface area contributed by atoms with Gasteiger partial charge in [-0.25, -0.2) is 8.42 Å². The fraction of sp³-hybridized carbons (Fsp3) is 0.571. The van der Waals surface area contributed by atoms with Crippen LogP contribution in [0.4, 0.5) is 0 Å². The molecule has 1 aliphatic rings. The molecular formula is C14H21NO3S. The number of benzene rings is 1. The monoisotopic (exact) mass is 283 g/mol. The van der Waals surface area contributed by atoms with Gasteiger partial charge < -0.3 is 10.5 Å². The zero-order valence-corrected chi connectivity index (χ0v) is 12.5. The third kappa shape index (κ3) is 2.62. The molecule has 19 heavy (non-hydrogen) atoms. The molecule has 5 heteroatoms. The van der Waals surface area contributed by atoms with E-state index in [4.69, 9.17) is 10.5 Å². The van der Waals surface area contributed by atoms with Crippen molar-refractivity contribution in [2.24, 2.45) is 5.73 Å². The van der Waals surface area contributed by atoms with Gasteiger partial charge >= 0.3 is 0 Å². The van der Waals surface area contributed by atoms with Gasteiger partial charge in [0.1, 0.15) is 5.75 Å². The van der Waals surface area contributed by atoms with Crippen molar-refractivity contribution in [1.82, 2.24) is 0 Å². The van der Waals surface area contributed by atoms with Crippen molar-refractivity contribution in [2.75, 3.05) is 12.9 Å². The van der Waals surface area contributed by atoms with Gasteiger partial charge in [-0.2, -0.15) is 0 Å². The summed E-state index contributed by atoms with van der Waals surface area (Å²) in [7, 11) is -3.23. The van der Waals surface area contributed by atoms with Crippen LogP contribution in [0.1, 0.15) is 37.4 Å². The van der Waals surface area contributed by atoms with E-state index in [0.29, 0.717) is 0 Å². The maximum absolute atomic E-state index is 11.9. The Hall–Kier alpha value is -1.07. The molecule has 0 fully saturated rings. The second-order valence-electron chi connectivity index (χ2n) is 5.67. The quantitative estimate of drug-likeness (QED) is 0.919. The molecule has 0 bridgehead atoms. The van der Waals surface area contributed by atoms with Gasteiger partial charge in [-0.1, -0.05) is 12.1 Å². The largest absolute Gasteiger partial charge is 0.493 e. The highest BCUT2D eigenvalue weighted by Crippen LogP contribution is 2.33. The third-order valence-electron chi connectivity index (χ3n) is 4.00. The Morgan fingerprint density at radius 1 is 1.37 bits per heavy atom. The van der Waals surface area contributed by atoms with Crippen molar-refractivity contribution in [3.05, 3.63) is 29.3 Å². The minimum Gasteiger partial charge on any atom is -0.493 e. The van der Waals surface area contributed by atoms with Crippen LogP contribution in [0.2, 0.25) is 0 Å². The highest BCUT2D eigenvalue weighted by molar-refractivity contribution is 7.92. The van der Waals surface area contributed by atoms with Crippen LogP contribution < -0.4 is 10.5 Å². The SMILES string of the molecule is CC(C)(C(N)c1ccc2c(c1)CCCO2)S(C)(=O)=O. The van der Waals surface area contributed by atoms with E-state index in [1.807, 2.05) is 18.2 Å². The Kier molecular flexibility index (Phi) is 3.62. The van der Waals surface area contributed by atoms with Gasteiger partial charge in [-0.15, -0.1) is 0 Å². The summed E-state index contributed by atoms with van der Waals surface area (Å²) in [6, 6.07) is 5.19. The highest BCUT2D eigenvalue weighted by atomic mass is 32.2. The highest BCUT2D eigenvalue weighted by Gasteiger charge is 2.37. The van der Waals surface area contributed by atoms with E-state index in [1.54, 1.807) is 13.8 Å². The van der Waals surface area contributed by atoms with Crippen LogP contribution in [-0.2, 0) is 16.3 Å². The maximum atomic E-state index is 11.9. The van der Waals surface area contributed by atoms with Gasteiger partial charge in [0, 0.05) is 12.3 Å². The minimum atomic E-state index is -3.23. The zero-order valence-electron chi connectivity index (χ0n) is 11.6. The van der Waals surface area contributed by atoms with Crippen molar-refractivity contribution in [3.8, 4) is 5.75 Å². The molecule has 1 heterocycles. The van der Waals surface area contributed by atoms with Crippen molar-refractivity contribution < 1.29 is 13.2 Å². The summed E-state index contributed by atoms with van der Waals surface area (Å²) < 4.78 is 28.3. The van der Waals surface area contributed by atoms with Gasteiger partial charge in [0.15, 0.2) is 9.84 Å². The van der Waals surface area contributed by atoms with Gasteiger partial charge in [0.2, 0.25) is 0 Å². The van der Waals surface area contributed by atoms with Crippen molar-refractivity contribution in [2.45, 2.75) is 37.5 Å². The first-order valence-corrected chi connectivity index (χ1v) is 8.33. The number of ether oxygens (including phenoxy) is 1. The molecule has 1 atom stereocenters. The molecule has 4 nitrogen and oxygen atoms in total. The minimum absolute atomic E-state index is 0.547. The Bertz CT molecular complexity index is 578. The molecule has 0 spiro atoms. The van der Waals surface area contributed by atoms with Crippen LogP contribution in [0.15, 0.2) is 18.2 Å².